The summed E-state index contributed by atoms with van der Waals surface area (Å²) in [6.07, 6.45) is 2.75. The Morgan fingerprint density at radius 3 is 2.35 bits per heavy atom. The van der Waals surface area contributed by atoms with Crippen LogP contribution in [-0.2, 0) is 9.47 Å². The molecule has 0 amide bonds. The van der Waals surface area contributed by atoms with Crippen LogP contribution >= 0.6 is 0 Å². The zero-order valence-electron chi connectivity index (χ0n) is 11.0. The zero-order chi connectivity index (χ0) is 14.1. The predicted molar refractivity (Wildman–Crippen MR) is 70.1 cm³/mol. The SMILES string of the molecule is COc1ccc(C2OCCCO2)c2c1C(=O)C=CC2=O. The van der Waals surface area contributed by atoms with Crippen LogP contribution in [0.2, 0.25) is 0 Å². The molecule has 0 unspecified atom stereocenters. The summed E-state index contributed by atoms with van der Waals surface area (Å²) in [6, 6.07) is 3.39. The highest BCUT2D eigenvalue weighted by molar-refractivity contribution is 6.23. The molecule has 5 nitrogen and oxygen atoms in total. The van der Waals surface area contributed by atoms with Gasteiger partial charge in [0, 0.05) is 11.1 Å². The smallest absolute Gasteiger partial charge is 0.190 e. The van der Waals surface area contributed by atoms with E-state index in [2.05, 4.69) is 0 Å². The molecule has 20 heavy (non-hydrogen) atoms. The first-order chi connectivity index (χ1) is 9.72. The first-order valence-corrected chi connectivity index (χ1v) is 6.43. The number of hydrogen-bond acceptors (Lipinski definition) is 5. The Labute approximate surface area is 116 Å². The van der Waals surface area contributed by atoms with E-state index in [1.165, 1.54) is 19.3 Å². The van der Waals surface area contributed by atoms with Gasteiger partial charge in [-0.1, -0.05) is 0 Å². The van der Waals surface area contributed by atoms with Crippen molar-refractivity contribution in [3.05, 3.63) is 41.0 Å². The van der Waals surface area contributed by atoms with Gasteiger partial charge in [0.05, 0.1) is 25.9 Å². The van der Waals surface area contributed by atoms with E-state index in [1.807, 2.05) is 0 Å². The Bertz CT molecular complexity index is 597. The Hall–Kier alpha value is -1.98. The van der Waals surface area contributed by atoms with E-state index in [9.17, 15) is 9.59 Å². The van der Waals surface area contributed by atoms with Gasteiger partial charge in [-0.2, -0.15) is 0 Å². The maximum atomic E-state index is 12.2. The monoisotopic (exact) mass is 274 g/mol. The molecule has 1 aromatic carbocycles. The third-order valence-corrected chi connectivity index (χ3v) is 3.38. The molecule has 2 aliphatic rings. The Morgan fingerprint density at radius 2 is 1.70 bits per heavy atom. The Morgan fingerprint density at radius 1 is 1.05 bits per heavy atom. The first kappa shape index (κ1) is 13.0. The van der Waals surface area contributed by atoms with Gasteiger partial charge < -0.3 is 14.2 Å². The lowest BCUT2D eigenvalue weighted by Gasteiger charge is -2.26. The molecule has 0 N–H and O–H groups in total. The lowest BCUT2D eigenvalue weighted by atomic mass is 9.89. The minimum absolute atomic E-state index is 0.230. The summed E-state index contributed by atoms with van der Waals surface area (Å²) in [5.41, 5.74) is 1.20. The van der Waals surface area contributed by atoms with Crippen LogP contribution in [0, 0.1) is 0 Å². The number of benzene rings is 1. The first-order valence-electron chi connectivity index (χ1n) is 6.43. The largest absolute Gasteiger partial charge is 0.496 e. The zero-order valence-corrected chi connectivity index (χ0v) is 11.0. The predicted octanol–water partition coefficient (Wildman–Crippen LogP) is 2.07. The van der Waals surface area contributed by atoms with E-state index < -0.39 is 6.29 Å². The topological polar surface area (TPSA) is 61.8 Å². The van der Waals surface area contributed by atoms with Gasteiger partial charge in [0.2, 0.25) is 0 Å². The van der Waals surface area contributed by atoms with E-state index in [0.717, 1.165) is 6.42 Å². The summed E-state index contributed by atoms with van der Waals surface area (Å²) in [6.45, 7) is 1.15. The standard InChI is InChI=1S/C15H14O5/c1-18-12-6-3-9(15-19-7-2-8-20-15)13-10(16)4-5-11(17)14(12)13/h3-6,15H,2,7-8H2,1H3. The summed E-state index contributed by atoms with van der Waals surface area (Å²) in [5, 5.41) is 0. The van der Waals surface area contributed by atoms with Crippen LogP contribution in [0.25, 0.3) is 0 Å². The van der Waals surface area contributed by atoms with Gasteiger partial charge in [-0.25, -0.2) is 0 Å². The van der Waals surface area contributed by atoms with Crippen LogP contribution in [0.3, 0.4) is 0 Å². The van der Waals surface area contributed by atoms with E-state index in [1.54, 1.807) is 12.1 Å². The Balaban J connectivity index is 2.15. The second kappa shape index (κ2) is 5.19. The second-order valence-electron chi connectivity index (χ2n) is 4.60. The van der Waals surface area contributed by atoms with Gasteiger partial charge >= 0.3 is 0 Å². The third kappa shape index (κ3) is 2.05. The fraction of sp³-hybridized carbons (Fsp3) is 0.333. The number of carbonyl (C=O) groups excluding carboxylic acids is 2. The maximum Gasteiger partial charge on any atom is 0.190 e. The van der Waals surface area contributed by atoms with Crippen molar-refractivity contribution in [2.24, 2.45) is 0 Å². The van der Waals surface area contributed by atoms with Gasteiger partial charge in [0.1, 0.15) is 5.75 Å². The van der Waals surface area contributed by atoms with E-state index in [4.69, 9.17) is 14.2 Å². The summed E-state index contributed by atoms with van der Waals surface area (Å²) < 4.78 is 16.3. The van der Waals surface area contributed by atoms with Crippen molar-refractivity contribution in [2.45, 2.75) is 12.7 Å². The number of allylic oxidation sites excluding steroid dienone is 2. The van der Waals surface area contributed by atoms with Gasteiger partial charge in [-0.3, -0.25) is 9.59 Å². The fourth-order valence-corrected chi connectivity index (χ4v) is 2.46. The quantitative estimate of drug-likeness (QED) is 0.826. The van der Waals surface area contributed by atoms with Crippen molar-refractivity contribution >= 4 is 11.6 Å². The highest BCUT2D eigenvalue weighted by Crippen LogP contribution is 2.35. The molecule has 0 aromatic heterocycles. The van der Waals surface area contributed by atoms with Crippen molar-refractivity contribution in [1.29, 1.82) is 0 Å². The summed E-state index contributed by atoms with van der Waals surface area (Å²) >= 11 is 0. The molecule has 3 rings (SSSR count). The molecule has 0 spiro atoms. The molecule has 1 saturated heterocycles. The number of carbonyl (C=O) groups is 2. The molecule has 0 saturated carbocycles. The molecule has 104 valence electrons. The molecular formula is C15H14O5. The van der Waals surface area contributed by atoms with Gasteiger partial charge in [-0.05, 0) is 30.7 Å². The highest BCUT2D eigenvalue weighted by atomic mass is 16.7. The molecule has 1 aliphatic carbocycles. The number of ketones is 2. The third-order valence-electron chi connectivity index (χ3n) is 3.38. The van der Waals surface area contributed by atoms with Crippen molar-refractivity contribution in [2.75, 3.05) is 20.3 Å². The molecule has 1 aromatic rings. The highest BCUT2D eigenvalue weighted by Gasteiger charge is 2.30. The Kier molecular flexibility index (Phi) is 3.38. The number of hydrogen-bond donors (Lipinski definition) is 0. The average molecular weight is 274 g/mol. The van der Waals surface area contributed by atoms with E-state index in [0.29, 0.717) is 30.1 Å². The molecular weight excluding hydrogens is 260 g/mol. The lowest BCUT2D eigenvalue weighted by Crippen LogP contribution is -2.23. The second-order valence-corrected chi connectivity index (χ2v) is 4.60. The van der Waals surface area contributed by atoms with E-state index >= 15 is 0 Å². The molecule has 0 atom stereocenters. The van der Waals surface area contributed by atoms with Crippen LogP contribution < -0.4 is 4.74 Å². The van der Waals surface area contributed by atoms with Gasteiger partial charge in [-0.15, -0.1) is 0 Å². The lowest BCUT2D eigenvalue weighted by molar-refractivity contribution is -0.183. The summed E-state index contributed by atoms with van der Waals surface area (Å²) in [7, 11) is 1.47. The molecule has 5 heteroatoms. The molecule has 0 radical (unpaired) electrons. The normalized spacial score (nSPS) is 19.1. The number of ether oxygens (including phenoxy) is 3. The fourth-order valence-electron chi connectivity index (χ4n) is 2.46. The molecule has 1 heterocycles. The summed E-state index contributed by atoms with van der Waals surface area (Å²) in [5.74, 6) is -0.0809. The minimum Gasteiger partial charge on any atom is -0.496 e. The van der Waals surface area contributed by atoms with Crippen molar-refractivity contribution in [3.63, 3.8) is 0 Å². The number of rotatable bonds is 2. The van der Waals surface area contributed by atoms with Crippen LogP contribution in [0.15, 0.2) is 24.3 Å². The number of fused-ring (bicyclic) bond motifs is 1. The van der Waals surface area contributed by atoms with Gasteiger partial charge in [0.25, 0.3) is 0 Å². The van der Waals surface area contributed by atoms with Crippen LogP contribution in [0.5, 0.6) is 5.75 Å². The van der Waals surface area contributed by atoms with E-state index in [-0.39, 0.29) is 17.1 Å². The maximum absolute atomic E-state index is 12.2. The van der Waals surface area contributed by atoms with Crippen molar-refractivity contribution in [1.82, 2.24) is 0 Å². The van der Waals surface area contributed by atoms with Crippen LogP contribution in [-0.4, -0.2) is 31.9 Å². The average Bonchev–Trinajstić information content (AvgIpc) is 2.50. The summed E-state index contributed by atoms with van der Waals surface area (Å²) in [4.78, 5) is 24.2. The molecule has 1 fully saturated rings. The van der Waals surface area contributed by atoms with Crippen LogP contribution in [0.4, 0.5) is 0 Å². The minimum atomic E-state index is -0.605. The van der Waals surface area contributed by atoms with Crippen molar-refractivity contribution in [3.8, 4) is 5.75 Å². The number of methoxy groups -OCH3 is 1. The van der Waals surface area contributed by atoms with Crippen LogP contribution in [0.1, 0.15) is 39.0 Å². The molecule has 1 aliphatic heterocycles. The molecule has 0 bridgehead atoms. The van der Waals surface area contributed by atoms with Crippen molar-refractivity contribution < 1.29 is 23.8 Å². The van der Waals surface area contributed by atoms with Gasteiger partial charge in [0.15, 0.2) is 17.9 Å².